The average Bonchev–Trinajstić information content (AvgIpc) is 2.29. The zero-order chi connectivity index (χ0) is 9.64. The van der Waals surface area contributed by atoms with Gasteiger partial charge in [-0.3, -0.25) is 4.84 Å². The number of piperidine rings is 1. The molecule has 0 N–H and O–H groups in total. The Labute approximate surface area is 85.4 Å². The number of hydroxylamine groups is 2. The molecule has 0 radical (unpaired) electrons. The summed E-state index contributed by atoms with van der Waals surface area (Å²) in [6.07, 6.45) is 3.90. The lowest BCUT2D eigenvalue weighted by molar-refractivity contribution is -0.178. The minimum absolute atomic E-state index is 0.709. The molecule has 0 bridgehead atoms. The molecule has 0 spiro atoms. The molecule has 0 aliphatic carbocycles. The van der Waals surface area contributed by atoms with Crippen LogP contribution in [0.1, 0.15) is 24.8 Å². The molecule has 1 aromatic carbocycles. The topological polar surface area (TPSA) is 12.5 Å². The van der Waals surface area contributed by atoms with E-state index in [1.54, 1.807) is 0 Å². The highest BCUT2D eigenvalue weighted by molar-refractivity contribution is 5.13. The van der Waals surface area contributed by atoms with E-state index in [4.69, 9.17) is 4.84 Å². The van der Waals surface area contributed by atoms with Crippen molar-refractivity contribution in [2.45, 2.75) is 25.9 Å². The van der Waals surface area contributed by atoms with Gasteiger partial charge in [-0.15, -0.1) is 0 Å². The normalized spacial score (nSPS) is 18.3. The zero-order valence-electron chi connectivity index (χ0n) is 8.48. The van der Waals surface area contributed by atoms with Gasteiger partial charge in [0.1, 0.15) is 0 Å². The Balaban J connectivity index is 1.76. The molecule has 0 unspecified atom stereocenters. The van der Waals surface area contributed by atoms with E-state index in [9.17, 15) is 0 Å². The third-order valence-electron chi connectivity index (χ3n) is 2.57. The van der Waals surface area contributed by atoms with Crippen LogP contribution in [0.3, 0.4) is 0 Å². The highest BCUT2D eigenvalue weighted by Gasteiger charge is 2.09. The fraction of sp³-hybridized carbons (Fsp3) is 0.500. The van der Waals surface area contributed by atoms with Gasteiger partial charge in [0.05, 0.1) is 6.61 Å². The van der Waals surface area contributed by atoms with Crippen LogP contribution >= 0.6 is 0 Å². The Hall–Kier alpha value is -0.860. The molecule has 2 nitrogen and oxygen atoms in total. The minimum Gasteiger partial charge on any atom is -0.294 e. The van der Waals surface area contributed by atoms with E-state index in [2.05, 4.69) is 29.3 Å². The summed E-state index contributed by atoms with van der Waals surface area (Å²) in [4.78, 5) is 5.70. The predicted molar refractivity (Wildman–Crippen MR) is 56.7 cm³/mol. The maximum atomic E-state index is 5.70. The number of benzene rings is 1. The summed E-state index contributed by atoms with van der Waals surface area (Å²) in [5.74, 6) is 0. The molecule has 0 amide bonds. The largest absolute Gasteiger partial charge is 0.294 e. The molecule has 14 heavy (non-hydrogen) atoms. The van der Waals surface area contributed by atoms with Gasteiger partial charge in [-0.1, -0.05) is 36.8 Å². The van der Waals surface area contributed by atoms with Crippen LogP contribution in [0.15, 0.2) is 30.3 Å². The summed E-state index contributed by atoms with van der Waals surface area (Å²) in [7, 11) is 0. The first-order chi connectivity index (χ1) is 6.95. The van der Waals surface area contributed by atoms with Crippen molar-refractivity contribution in [3.8, 4) is 0 Å². The molecular weight excluding hydrogens is 174 g/mol. The summed E-state index contributed by atoms with van der Waals surface area (Å²) in [5, 5.41) is 2.09. The molecule has 1 aromatic rings. The standard InChI is InChI=1S/C12H17NO/c1-3-7-12(8-4-1)11-14-13-9-5-2-6-10-13/h1,3-4,7-8H,2,5-6,9-11H2. The van der Waals surface area contributed by atoms with Gasteiger partial charge >= 0.3 is 0 Å². The van der Waals surface area contributed by atoms with Gasteiger partial charge in [0.25, 0.3) is 0 Å². The monoisotopic (exact) mass is 191 g/mol. The molecule has 1 heterocycles. The lowest BCUT2D eigenvalue weighted by Crippen LogP contribution is -2.29. The van der Waals surface area contributed by atoms with E-state index >= 15 is 0 Å². The van der Waals surface area contributed by atoms with E-state index < -0.39 is 0 Å². The van der Waals surface area contributed by atoms with Gasteiger partial charge in [-0.05, 0) is 18.4 Å². The van der Waals surface area contributed by atoms with Crippen LogP contribution in [0, 0.1) is 0 Å². The summed E-state index contributed by atoms with van der Waals surface area (Å²) < 4.78 is 0. The Kier molecular flexibility index (Phi) is 3.55. The van der Waals surface area contributed by atoms with Crippen molar-refractivity contribution in [3.63, 3.8) is 0 Å². The molecule has 0 saturated carbocycles. The second-order valence-electron chi connectivity index (χ2n) is 3.75. The van der Waals surface area contributed by atoms with Gasteiger partial charge in [0.2, 0.25) is 0 Å². The summed E-state index contributed by atoms with van der Waals surface area (Å²) in [6.45, 7) is 2.89. The van der Waals surface area contributed by atoms with Crippen LogP contribution in [0.4, 0.5) is 0 Å². The van der Waals surface area contributed by atoms with Crippen LogP contribution in [0.2, 0.25) is 0 Å². The second kappa shape index (κ2) is 5.13. The summed E-state index contributed by atoms with van der Waals surface area (Å²) in [5.41, 5.74) is 1.25. The van der Waals surface area contributed by atoms with Crippen LogP contribution in [-0.4, -0.2) is 18.2 Å². The SMILES string of the molecule is c1ccc(CON2CCCCC2)cc1. The second-order valence-corrected chi connectivity index (χ2v) is 3.75. The highest BCUT2D eigenvalue weighted by atomic mass is 16.7. The van der Waals surface area contributed by atoms with Gasteiger partial charge in [0.15, 0.2) is 0 Å². The van der Waals surface area contributed by atoms with Gasteiger partial charge in [0, 0.05) is 13.1 Å². The molecule has 2 heteroatoms. The molecule has 0 aromatic heterocycles. The Morgan fingerprint density at radius 1 is 1.00 bits per heavy atom. The van der Waals surface area contributed by atoms with E-state index in [-0.39, 0.29) is 0 Å². The number of hydrogen-bond acceptors (Lipinski definition) is 2. The van der Waals surface area contributed by atoms with Gasteiger partial charge in [-0.25, -0.2) is 0 Å². The lowest BCUT2D eigenvalue weighted by atomic mass is 10.2. The van der Waals surface area contributed by atoms with Gasteiger partial charge in [-0.2, -0.15) is 5.06 Å². The lowest BCUT2D eigenvalue weighted by Gasteiger charge is -2.25. The molecule has 1 saturated heterocycles. The first-order valence-corrected chi connectivity index (χ1v) is 5.37. The molecule has 76 valence electrons. The summed E-state index contributed by atoms with van der Waals surface area (Å²) in [6, 6.07) is 10.3. The fourth-order valence-corrected chi connectivity index (χ4v) is 1.73. The number of hydrogen-bond donors (Lipinski definition) is 0. The van der Waals surface area contributed by atoms with E-state index in [1.807, 2.05) is 6.07 Å². The summed E-state index contributed by atoms with van der Waals surface area (Å²) >= 11 is 0. The minimum atomic E-state index is 0.709. The average molecular weight is 191 g/mol. The maximum Gasteiger partial charge on any atom is 0.0935 e. The Morgan fingerprint density at radius 3 is 2.43 bits per heavy atom. The Bertz CT molecular complexity index is 254. The molecule has 1 fully saturated rings. The molecule has 1 aliphatic heterocycles. The third kappa shape index (κ3) is 2.82. The van der Waals surface area contributed by atoms with E-state index in [0.29, 0.717) is 6.61 Å². The zero-order valence-corrected chi connectivity index (χ0v) is 8.48. The van der Waals surface area contributed by atoms with Crippen molar-refractivity contribution in [3.05, 3.63) is 35.9 Å². The molecule has 0 atom stereocenters. The Morgan fingerprint density at radius 2 is 1.71 bits per heavy atom. The predicted octanol–water partition coefficient (Wildman–Crippen LogP) is 2.60. The first kappa shape index (κ1) is 9.69. The number of nitrogens with zero attached hydrogens (tertiary/aromatic N) is 1. The van der Waals surface area contributed by atoms with E-state index in [0.717, 1.165) is 13.1 Å². The maximum absolute atomic E-state index is 5.70. The number of rotatable bonds is 3. The van der Waals surface area contributed by atoms with Crippen molar-refractivity contribution >= 4 is 0 Å². The quantitative estimate of drug-likeness (QED) is 0.728. The van der Waals surface area contributed by atoms with Crippen molar-refractivity contribution in [1.29, 1.82) is 0 Å². The first-order valence-electron chi connectivity index (χ1n) is 5.37. The highest BCUT2D eigenvalue weighted by Crippen LogP contribution is 2.10. The fourth-order valence-electron chi connectivity index (χ4n) is 1.73. The van der Waals surface area contributed by atoms with Crippen LogP contribution in [-0.2, 0) is 11.4 Å². The van der Waals surface area contributed by atoms with Crippen molar-refractivity contribution in [2.24, 2.45) is 0 Å². The van der Waals surface area contributed by atoms with Crippen LogP contribution in [0.25, 0.3) is 0 Å². The van der Waals surface area contributed by atoms with Crippen LogP contribution < -0.4 is 0 Å². The molecule has 2 rings (SSSR count). The van der Waals surface area contributed by atoms with Crippen LogP contribution in [0.5, 0.6) is 0 Å². The van der Waals surface area contributed by atoms with E-state index in [1.165, 1.54) is 24.8 Å². The van der Waals surface area contributed by atoms with Crippen molar-refractivity contribution < 1.29 is 4.84 Å². The van der Waals surface area contributed by atoms with Gasteiger partial charge < -0.3 is 0 Å². The van der Waals surface area contributed by atoms with Crippen molar-refractivity contribution in [1.82, 2.24) is 5.06 Å². The third-order valence-corrected chi connectivity index (χ3v) is 2.57. The molecule has 1 aliphatic rings. The smallest absolute Gasteiger partial charge is 0.0935 e. The molecular formula is C12H17NO. The van der Waals surface area contributed by atoms with Crippen molar-refractivity contribution in [2.75, 3.05) is 13.1 Å².